The number of rotatable bonds is 5. The first-order chi connectivity index (χ1) is 15.5. The van der Waals surface area contributed by atoms with Crippen molar-refractivity contribution in [1.82, 2.24) is 9.88 Å². The van der Waals surface area contributed by atoms with Crippen LogP contribution in [0.3, 0.4) is 0 Å². The molecule has 1 aromatic heterocycles. The van der Waals surface area contributed by atoms with Gasteiger partial charge in [0.15, 0.2) is 5.13 Å². The fourth-order valence-electron chi connectivity index (χ4n) is 3.80. The zero-order valence-corrected chi connectivity index (χ0v) is 18.1. The quantitative estimate of drug-likeness (QED) is 0.430. The van der Waals surface area contributed by atoms with Gasteiger partial charge in [0.1, 0.15) is 0 Å². The van der Waals surface area contributed by atoms with Crippen LogP contribution in [0.5, 0.6) is 0 Å². The zero-order valence-electron chi connectivity index (χ0n) is 17.3. The number of benzene rings is 3. The summed E-state index contributed by atoms with van der Waals surface area (Å²) in [6.07, 6.45) is 0.582. The lowest BCUT2D eigenvalue weighted by Gasteiger charge is -2.14. The maximum atomic E-state index is 13.1. The molecule has 0 aliphatic carbocycles. The van der Waals surface area contributed by atoms with Crippen LogP contribution in [0, 0.1) is 0 Å². The van der Waals surface area contributed by atoms with E-state index in [-0.39, 0.29) is 23.3 Å². The zero-order chi connectivity index (χ0) is 22.2. The van der Waals surface area contributed by atoms with E-state index >= 15 is 0 Å². The average Bonchev–Trinajstić information content (AvgIpc) is 3.36. The third kappa shape index (κ3) is 3.46. The summed E-state index contributed by atoms with van der Waals surface area (Å²) in [5.74, 6) is -0.965. The highest BCUT2D eigenvalue weighted by molar-refractivity contribution is 7.22. The average molecular weight is 442 g/mol. The highest BCUT2D eigenvalue weighted by atomic mass is 32.1. The molecule has 32 heavy (non-hydrogen) atoms. The Morgan fingerprint density at radius 1 is 0.938 bits per heavy atom. The largest absolute Gasteiger partial charge is 0.287 e. The van der Waals surface area contributed by atoms with Crippen molar-refractivity contribution in [2.45, 2.75) is 6.42 Å². The number of hydrogen-bond donors (Lipinski definition) is 0. The van der Waals surface area contributed by atoms with Crippen LogP contribution in [-0.4, -0.2) is 41.2 Å². The fourth-order valence-corrected chi connectivity index (χ4v) is 4.72. The van der Waals surface area contributed by atoms with Crippen molar-refractivity contribution in [3.63, 3.8) is 0 Å². The summed E-state index contributed by atoms with van der Waals surface area (Å²) in [5, 5.41) is 0.573. The Kier molecular flexibility index (Phi) is 5.03. The number of nitrogens with zero attached hydrogens (tertiary/aromatic N) is 3. The fraction of sp³-hybridized carbons (Fsp3) is 0.120. The molecule has 0 atom stereocenters. The Hall–Kier alpha value is -3.84. The van der Waals surface area contributed by atoms with Gasteiger partial charge in [-0.15, -0.1) is 0 Å². The van der Waals surface area contributed by atoms with E-state index in [1.807, 2.05) is 54.6 Å². The molecule has 0 unspecified atom stereocenters. The van der Waals surface area contributed by atoms with Crippen molar-refractivity contribution in [1.29, 1.82) is 0 Å². The van der Waals surface area contributed by atoms with Gasteiger partial charge in [-0.25, -0.2) is 4.98 Å². The van der Waals surface area contributed by atoms with Crippen LogP contribution in [0.2, 0.25) is 0 Å². The second kappa shape index (κ2) is 8.01. The first kappa shape index (κ1) is 20.1. The van der Waals surface area contributed by atoms with Crippen molar-refractivity contribution in [3.05, 3.63) is 95.1 Å². The van der Waals surface area contributed by atoms with Gasteiger partial charge in [0.05, 0.1) is 21.3 Å². The molecule has 0 bridgehead atoms. The highest BCUT2D eigenvalue weighted by Crippen LogP contribution is 2.30. The monoisotopic (exact) mass is 441 g/mol. The van der Waals surface area contributed by atoms with E-state index in [2.05, 4.69) is 4.98 Å². The number of carbonyl (C=O) groups excluding carboxylic acids is 3. The summed E-state index contributed by atoms with van der Waals surface area (Å²) in [7, 11) is 1.66. The minimum atomic E-state index is -0.363. The molecule has 0 saturated heterocycles. The SMILES string of the molecule is CN(C(=O)c1ccc2c(c1)C(=O)N(CCc1ccccc1)C2=O)c1nc2ccccc2s1. The van der Waals surface area contributed by atoms with Gasteiger partial charge in [-0.3, -0.25) is 24.2 Å². The Morgan fingerprint density at radius 2 is 1.66 bits per heavy atom. The summed E-state index contributed by atoms with van der Waals surface area (Å²) in [4.78, 5) is 46.0. The Morgan fingerprint density at radius 3 is 2.44 bits per heavy atom. The molecule has 0 N–H and O–H groups in total. The van der Waals surface area contributed by atoms with E-state index in [1.165, 1.54) is 27.2 Å². The first-order valence-electron chi connectivity index (χ1n) is 10.2. The van der Waals surface area contributed by atoms with Crippen LogP contribution in [-0.2, 0) is 6.42 Å². The van der Waals surface area contributed by atoms with Crippen LogP contribution in [0.4, 0.5) is 5.13 Å². The maximum absolute atomic E-state index is 13.1. The van der Waals surface area contributed by atoms with E-state index in [0.717, 1.165) is 15.8 Å². The molecule has 5 rings (SSSR count). The molecular weight excluding hydrogens is 422 g/mol. The van der Waals surface area contributed by atoms with Crippen molar-refractivity contribution >= 4 is 44.4 Å². The second-order valence-corrected chi connectivity index (χ2v) is 8.60. The topological polar surface area (TPSA) is 70.6 Å². The van der Waals surface area contributed by atoms with Crippen LogP contribution in [0.1, 0.15) is 36.6 Å². The lowest BCUT2D eigenvalue weighted by atomic mass is 10.1. The third-order valence-corrected chi connectivity index (χ3v) is 6.67. The summed E-state index contributed by atoms with van der Waals surface area (Å²) < 4.78 is 0.992. The van der Waals surface area contributed by atoms with Gasteiger partial charge in [-0.05, 0) is 42.3 Å². The van der Waals surface area contributed by atoms with Crippen LogP contribution in [0.25, 0.3) is 10.2 Å². The molecular formula is C25H19N3O3S. The van der Waals surface area contributed by atoms with Gasteiger partial charge in [0.2, 0.25) is 0 Å². The number of fused-ring (bicyclic) bond motifs is 2. The van der Waals surface area contributed by atoms with E-state index in [1.54, 1.807) is 19.2 Å². The second-order valence-electron chi connectivity index (χ2n) is 7.59. The molecule has 6 nitrogen and oxygen atoms in total. The smallest absolute Gasteiger partial charge is 0.261 e. The van der Waals surface area contributed by atoms with E-state index in [4.69, 9.17) is 0 Å². The molecule has 0 saturated carbocycles. The molecule has 2 heterocycles. The van der Waals surface area contributed by atoms with Gasteiger partial charge in [-0.1, -0.05) is 53.8 Å². The van der Waals surface area contributed by atoms with Gasteiger partial charge in [0, 0.05) is 19.2 Å². The minimum Gasteiger partial charge on any atom is -0.287 e. The third-order valence-electron chi connectivity index (χ3n) is 5.56. The number of carbonyl (C=O) groups is 3. The standard InChI is InChI=1S/C25H19N3O3S/c1-27(25-26-20-9-5-6-10-21(20)32-25)22(29)17-11-12-18-19(15-17)24(31)28(23(18)30)14-13-16-7-3-2-4-8-16/h2-12,15H,13-14H2,1H3. The van der Waals surface area contributed by atoms with Crippen molar-refractivity contribution in [2.75, 3.05) is 18.5 Å². The molecule has 0 radical (unpaired) electrons. The molecule has 7 heteroatoms. The van der Waals surface area contributed by atoms with Crippen LogP contribution >= 0.6 is 11.3 Å². The van der Waals surface area contributed by atoms with E-state index in [0.29, 0.717) is 29.2 Å². The number of anilines is 1. The number of para-hydroxylation sites is 1. The number of hydrogen-bond acceptors (Lipinski definition) is 5. The summed E-state index contributed by atoms with van der Waals surface area (Å²) >= 11 is 1.42. The first-order valence-corrected chi connectivity index (χ1v) is 11.0. The molecule has 1 aliphatic heterocycles. The normalized spacial score (nSPS) is 13.0. The molecule has 3 aromatic carbocycles. The minimum absolute atomic E-state index is 0.270. The highest BCUT2D eigenvalue weighted by Gasteiger charge is 2.36. The Bertz CT molecular complexity index is 1330. The number of amides is 3. The number of thiazole rings is 1. The van der Waals surface area contributed by atoms with Crippen molar-refractivity contribution in [3.8, 4) is 0 Å². The number of aromatic nitrogens is 1. The maximum Gasteiger partial charge on any atom is 0.261 e. The van der Waals surface area contributed by atoms with Gasteiger partial charge in [-0.2, -0.15) is 0 Å². The van der Waals surface area contributed by atoms with Crippen molar-refractivity contribution < 1.29 is 14.4 Å². The molecule has 0 fully saturated rings. The predicted molar refractivity (Wildman–Crippen MR) is 124 cm³/mol. The van der Waals surface area contributed by atoms with Gasteiger partial charge < -0.3 is 0 Å². The molecule has 4 aromatic rings. The van der Waals surface area contributed by atoms with E-state index in [9.17, 15) is 14.4 Å². The van der Waals surface area contributed by atoms with Crippen LogP contribution in [0.15, 0.2) is 72.8 Å². The van der Waals surface area contributed by atoms with Gasteiger partial charge >= 0.3 is 0 Å². The van der Waals surface area contributed by atoms with Gasteiger partial charge in [0.25, 0.3) is 17.7 Å². The van der Waals surface area contributed by atoms with Crippen LogP contribution < -0.4 is 4.90 Å². The summed E-state index contributed by atoms with van der Waals surface area (Å²) in [6.45, 7) is 0.297. The molecule has 3 amide bonds. The molecule has 0 spiro atoms. The molecule has 1 aliphatic rings. The van der Waals surface area contributed by atoms with Crippen molar-refractivity contribution in [2.24, 2.45) is 0 Å². The lowest BCUT2D eigenvalue weighted by Crippen LogP contribution is -2.31. The summed E-state index contributed by atoms with van der Waals surface area (Å²) in [6, 6.07) is 22.1. The Balaban J connectivity index is 1.37. The predicted octanol–water partition coefficient (Wildman–Crippen LogP) is 4.41. The Labute approximate surface area is 188 Å². The van der Waals surface area contributed by atoms with E-state index < -0.39 is 0 Å². The number of imide groups is 1. The summed E-state index contributed by atoms with van der Waals surface area (Å²) in [5.41, 5.74) is 2.83. The lowest BCUT2D eigenvalue weighted by molar-refractivity contribution is 0.0656. The molecule has 158 valence electrons.